The molecule has 2 aromatic heterocycles. The molecule has 4 aromatic rings. The molecule has 0 aliphatic carbocycles. The third-order valence-electron chi connectivity index (χ3n) is 6.76. The number of carbonyl (C=O) groups is 1. The lowest BCUT2D eigenvalue weighted by molar-refractivity contribution is -0.132. The van der Waals surface area contributed by atoms with Gasteiger partial charge in [-0.2, -0.15) is 0 Å². The van der Waals surface area contributed by atoms with E-state index in [9.17, 15) is 4.79 Å². The van der Waals surface area contributed by atoms with Crippen molar-refractivity contribution in [2.45, 2.75) is 19.4 Å². The van der Waals surface area contributed by atoms with Gasteiger partial charge in [0.05, 0.1) is 23.1 Å². The molecule has 0 saturated carbocycles. The van der Waals surface area contributed by atoms with Crippen LogP contribution < -0.4 is 9.80 Å². The Hall–Kier alpha value is -3.10. The molecule has 1 N–H and O–H groups in total. The predicted octanol–water partition coefficient (Wildman–Crippen LogP) is 4.44. The lowest BCUT2D eigenvalue weighted by Gasteiger charge is -2.41. The van der Waals surface area contributed by atoms with Gasteiger partial charge in [-0.05, 0) is 43.2 Å². The van der Waals surface area contributed by atoms with Crippen LogP contribution >= 0.6 is 22.9 Å². The van der Waals surface area contributed by atoms with E-state index in [1.807, 2.05) is 34.7 Å². The first-order chi connectivity index (χ1) is 16.6. The van der Waals surface area contributed by atoms with Gasteiger partial charge < -0.3 is 19.7 Å². The van der Waals surface area contributed by atoms with E-state index in [0.29, 0.717) is 18.1 Å². The summed E-state index contributed by atoms with van der Waals surface area (Å²) >= 11 is 7.74. The number of hydrogen-bond acceptors (Lipinski definition) is 6. The number of halogens is 1. The number of imidazole rings is 1. The van der Waals surface area contributed by atoms with Crippen LogP contribution in [0.3, 0.4) is 0 Å². The lowest BCUT2D eigenvalue weighted by atomic mass is 10.1. The van der Waals surface area contributed by atoms with E-state index < -0.39 is 0 Å². The summed E-state index contributed by atoms with van der Waals surface area (Å²) in [5, 5.41) is 1.74. The lowest BCUT2D eigenvalue weighted by Crippen LogP contribution is -2.56. The van der Waals surface area contributed by atoms with E-state index >= 15 is 0 Å². The van der Waals surface area contributed by atoms with Gasteiger partial charge in [0.1, 0.15) is 10.7 Å². The molecule has 1 saturated heterocycles. The van der Waals surface area contributed by atoms with Crippen molar-refractivity contribution in [3.05, 3.63) is 58.6 Å². The standard InChI is InChI=1S/C25H25ClN6OS/c1-16-13-31(10-11-32(16)22(33)14-30-9-8-17-4-2-3-5-21(17)30)25-23(27-15-34-25)24-28-19-7-6-18(26)12-20(19)29-24/h2-7,12,15-16H,8-11,13-14H2,1H3,(H,28,29)/t16-/m1/s1. The molecule has 7 nitrogen and oxygen atoms in total. The number of benzene rings is 2. The minimum Gasteiger partial charge on any atom is -0.362 e. The summed E-state index contributed by atoms with van der Waals surface area (Å²) in [7, 11) is 0. The summed E-state index contributed by atoms with van der Waals surface area (Å²) in [4.78, 5) is 32.5. The Morgan fingerprint density at radius 1 is 1.21 bits per heavy atom. The second kappa shape index (κ2) is 8.60. The van der Waals surface area contributed by atoms with Gasteiger partial charge in [-0.3, -0.25) is 4.79 Å². The van der Waals surface area contributed by atoms with Gasteiger partial charge in [-0.15, -0.1) is 11.3 Å². The third-order valence-corrected chi connectivity index (χ3v) is 7.88. The summed E-state index contributed by atoms with van der Waals surface area (Å²) in [5.41, 5.74) is 7.00. The van der Waals surface area contributed by atoms with Gasteiger partial charge in [0.25, 0.3) is 0 Å². The molecule has 4 heterocycles. The van der Waals surface area contributed by atoms with E-state index in [0.717, 1.165) is 53.6 Å². The number of piperazine rings is 1. The van der Waals surface area contributed by atoms with Crippen molar-refractivity contribution < 1.29 is 4.79 Å². The zero-order valence-electron chi connectivity index (χ0n) is 18.9. The molecule has 2 aliphatic heterocycles. The van der Waals surface area contributed by atoms with Crippen molar-refractivity contribution >= 4 is 50.6 Å². The first kappa shape index (κ1) is 21.4. The summed E-state index contributed by atoms with van der Waals surface area (Å²) in [6, 6.07) is 14.2. The van der Waals surface area contributed by atoms with Crippen molar-refractivity contribution in [1.29, 1.82) is 0 Å². The molecule has 0 bridgehead atoms. The first-order valence-electron chi connectivity index (χ1n) is 11.5. The maximum absolute atomic E-state index is 13.2. The SMILES string of the molecule is C[C@@H]1CN(c2scnc2-c2nc3cc(Cl)ccc3[nH]2)CCN1C(=O)CN1CCc2ccccc21. The van der Waals surface area contributed by atoms with Crippen LogP contribution in [-0.2, 0) is 11.2 Å². The normalized spacial score (nSPS) is 18.1. The van der Waals surface area contributed by atoms with Crippen molar-refractivity contribution in [3.63, 3.8) is 0 Å². The van der Waals surface area contributed by atoms with E-state index in [4.69, 9.17) is 16.6 Å². The van der Waals surface area contributed by atoms with E-state index in [1.54, 1.807) is 11.3 Å². The number of nitrogens with zero attached hydrogens (tertiary/aromatic N) is 5. The van der Waals surface area contributed by atoms with Crippen molar-refractivity contribution in [2.24, 2.45) is 0 Å². The molecular weight excluding hydrogens is 468 g/mol. The number of para-hydroxylation sites is 1. The number of aromatic amines is 1. The smallest absolute Gasteiger partial charge is 0.242 e. The molecule has 34 heavy (non-hydrogen) atoms. The van der Waals surface area contributed by atoms with Crippen molar-refractivity contribution in [1.82, 2.24) is 19.9 Å². The number of amides is 1. The maximum atomic E-state index is 13.2. The molecule has 9 heteroatoms. The molecular formula is C25H25ClN6OS. The Morgan fingerprint density at radius 2 is 2.09 bits per heavy atom. The van der Waals surface area contributed by atoms with Crippen LogP contribution in [0, 0.1) is 0 Å². The number of H-pyrrole nitrogens is 1. The van der Waals surface area contributed by atoms with E-state index in [1.165, 1.54) is 11.3 Å². The quantitative estimate of drug-likeness (QED) is 0.456. The number of rotatable bonds is 4. The van der Waals surface area contributed by atoms with Crippen LogP contribution in [0.25, 0.3) is 22.6 Å². The fourth-order valence-corrected chi connectivity index (χ4v) is 6.06. The van der Waals surface area contributed by atoms with Crippen LogP contribution in [0.4, 0.5) is 10.7 Å². The molecule has 0 spiro atoms. The van der Waals surface area contributed by atoms with Gasteiger partial charge in [-0.1, -0.05) is 29.8 Å². The maximum Gasteiger partial charge on any atom is 0.242 e. The Morgan fingerprint density at radius 3 is 2.97 bits per heavy atom. The fourth-order valence-electron chi connectivity index (χ4n) is 5.06. The topological polar surface area (TPSA) is 68.4 Å². The van der Waals surface area contributed by atoms with E-state index in [-0.39, 0.29) is 11.9 Å². The minimum atomic E-state index is 0.114. The second-order valence-electron chi connectivity index (χ2n) is 8.94. The van der Waals surface area contributed by atoms with Crippen molar-refractivity contribution in [3.8, 4) is 11.5 Å². The molecule has 0 radical (unpaired) electrons. The minimum absolute atomic E-state index is 0.114. The molecule has 6 rings (SSSR count). The molecule has 1 amide bonds. The molecule has 1 fully saturated rings. The van der Waals surface area contributed by atoms with Gasteiger partial charge in [0.2, 0.25) is 5.91 Å². The predicted molar refractivity (Wildman–Crippen MR) is 138 cm³/mol. The number of carbonyl (C=O) groups excluding carboxylic acids is 1. The number of aromatic nitrogens is 3. The molecule has 1 atom stereocenters. The van der Waals surface area contributed by atoms with Gasteiger partial charge in [0, 0.05) is 42.9 Å². The fraction of sp³-hybridized carbons (Fsp3) is 0.320. The van der Waals surface area contributed by atoms with Gasteiger partial charge >= 0.3 is 0 Å². The number of thiazole rings is 1. The van der Waals surface area contributed by atoms with Crippen LogP contribution in [0.15, 0.2) is 48.0 Å². The largest absolute Gasteiger partial charge is 0.362 e. The summed E-state index contributed by atoms with van der Waals surface area (Å²) in [6.07, 6.45) is 1.01. The number of anilines is 2. The van der Waals surface area contributed by atoms with Gasteiger partial charge in [-0.25, -0.2) is 9.97 Å². The number of nitrogens with one attached hydrogen (secondary N) is 1. The summed E-state index contributed by atoms with van der Waals surface area (Å²) in [5.74, 6) is 0.940. The Balaban J connectivity index is 1.16. The Labute approximate surface area is 207 Å². The molecule has 2 aliphatic rings. The highest BCUT2D eigenvalue weighted by Gasteiger charge is 2.31. The third kappa shape index (κ3) is 3.80. The van der Waals surface area contributed by atoms with Crippen LogP contribution in [0.2, 0.25) is 5.02 Å². The summed E-state index contributed by atoms with van der Waals surface area (Å²) in [6.45, 7) is 5.72. The Bertz CT molecular complexity index is 1370. The Kier molecular flexibility index (Phi) is 5.42. The zero-order chi connectivity index (χ0) is 23.2. The second-order valence-corrected chi connectivity index (χ2v) is 10.2. The van der Waals surface area contributed by atoms with E-state index in [2.05, 4.69) is 44.9 Å². The van der Waals surface area contributed by atoms with Crippen molar-refractivity contribution in [2.75, 3.05) is 42.5 Å². The van der Waals surface area contributed by atoms with Crippen LogP contribution in [0.5, 0.6) is 0 Å². The summed E-state index contributed by atoms with van der Waals surface area (Å²) < 4.78 is 0. The van der Waals surface area contributed by atoms with Crippen LogP contribution in [0.1, 0.15) is 12.5 Å². The average Bonchev–Trinajstić information content (AvgIpc) is 3.57. The molecule has 0 unspecified atom stereocenters. The highest BCUT2D eigenvalue weighted by atomic mass is 35.5. The van der Waals surface area contributed by atoms with Crippen LogP contribution in [-0.4, -0.2) is 64.5 Å². The van der Waals surface area contributed by atoms with Gasteiger partial charge in [0.15, 0.2) is 5.82 Å². The number of fused-ring (bicyclic) bond motifs is 2. The average molecular weight is 493 g/mol. The molecule has 2 aromatic carbocycles. The zero-order valence-corrected chi connectivity index (χ0v) is 20.4. The number of hydrogen-bond donors (Lipinski definition) is 1. The monoisotopic (exact) mass is 492 g/mol. The highest BCUT2D eigenvalue weighted by molar-refractivity contribution is 7.14. The highest BCUT2D eigenvalue weighted by Crippen LogP contribution is 2.35. The molecule has 174 valence electrons. The first-order valence-corrected chi connectivity index (χ1v) is 12.8.